The van der Waals surface area contributed by atoms with Crippen molar-refractivity contribution in [2.75, 3.05) is 19.0 Å². The van der Waals surface area contributed by atoms with E-state index in [1.165, 1.54) is 43.6 Å². The highest BCUT2D eigenvalue weighted by atomic mass is 32.2. The number of carbonyl (C=O) groups is 4. The van der Waals surface area contributed by atoms with Crippen molar-refractivity contribution in [1.29, 1.82) is 0 Å². The summed E-state index contributed by atoms with van der Waals surface area (Å²) in [7, 11) is 1.35. The van der Waals surface area contributed by atoms with Crippen LogP contribution in [0.5, 0.6) is 0 Å². The van der Waals surface area contributed by atoms with Gasteiger partial charge in [0.2, 0.25) is 0 Å². The first-order valence-electron chi connectivity index (χ1n) is 8.11. The van der Waals surface area contributed by atoms with Crippen LogP contribution in [0.1, 0.15) is 31.1 Å². The number of anilines is 1. The average molecular weight is 421 g/mol. The van der Waals surface area contributed by atoms with Crippen molar-refractivity contribution in [2.45, 2.75) is 10.8 Å². The number of thioether (sulfide) groups is 1. The Hall–Kier alpha value is -3.34. The summed E-state index contributed by atoms with van der Waals surface area (Å²) in [6.45, 7) is -0.684. The van der Waals surface area contributed by atoms with Crippen LogP contribution in [0, 0.1) is 0 Å². The molecule has 1 N–H and O–H groups in total. The molecule has 0 fully saturated rings. The Labute approximate surface area is 167 Å². The first-order chi connectivity index (χ1) is 13.8. The summed E-state index contributed by atoms with van der Waals surface area (Å²) >= 11 is 0.0929. The Morgan fingerprint density at radius 1 is 1.21 bits per heavy atom. The lowest BCUT2D eigenvalue weighted by Gasteiger charge is -2.09. The molecule has 0 saturated heterocycles. The molecule has 1 aromatic heterocycles. The maximum absolute atomic E-state index is 12.5. The third-order valence-corrected chi connectivity index (χ3v) is 4.63. The molecule has 1 aliphatic heterocycles. The topological polar surface area (TPSA) is 106 Å². The van der Waals surface area contributed by atoms with E-state index in [4.69, 9.17) is 4.74 Å². The number of fused-ring (bicyclic) bond motifs is 1. The van der Waals surface area contributed by atoms with E-state index in [-0.39, 0.29) is 39.2 Å². The van der Waals surface area contributed by atoms with E-state index < -0.39 is 36.1 Å². The summed E-state index contributed by atoms with van der Waals surface area (Å²) in [6.07, 6.45) is 1.26. The summed E-state index contributed by atoms with van der Waals surface area (Å²) in [5.74, 6) is -5.39. The zero-order valence-electron chi connectivity index (χ0n) is 14.8. The van der Waals surface area contributed by atoms with Crippen LogP contribution >= 0.6 is 11.8 Å². The van der Waals surface area contributed by atoms with Gasteiger partial charge in [-0.2, -0.15) is 8.78 Å². The molecule has 11 heteroatoms. The van der Waals surface area contributed by atoms with Crippen LogP contribution in [-0.4, -0.2) is 53.0 Å². The predicted octanol–water partition coefficient (Wildman–Crippen LogP) is 2.42. The van der Waals surface area contributed by atoms with E-state index >= 15 is 0 Å². The van der Waals surface area contributed by atoms with Crippen LogP contribution in [0.25, 0.3) is 0 Å². The summed E-state index contributed by atoms with van der Waals surface area (Å²) in [5, 5.41) is 2.23. The molecule has 0 spiro atoms. The van der Waals surface area contributed by atoms with Gasteiger partial charge in [-0.05, 0) is 42.1 Å². The molecule has 3 amide bonds. The number of aromatic nitrogens is 1. The van der Waals surface area contributed by atoms with Crippen molar-refractivity contribution >= 4 is 41.1 Å². The Morgan fingerprint density at radius 3 is 2.66 bits per heavy atom. The molecule has 3 rings (SSSR count). The standard InChI is InChI=1S/C18H13F2N3O5S/c1-23-15(25)10-5-4-9(7-12(10)16(23)26)22-13(24)8-28-17(27)11-3-2-6-21-14(11)29-18(19)20/h2-7,18H,8H2,1H3,(H,22,24). The number of esters is 1. The van der Waals surface area contributed by atoms with Gasteiger partial charge >= 0.3 is 5.97 Å². The van der Waals surface area contributed by atoms with Crippen LogP contribution in [0.2, 0.25) is 0 Å². The third-order valence-electron chi connectivity index (χ3n) is 3.90. The summed E-state index contributed by atoms with van der Waals surface area (Å²) < 4.78 is 30.0. The Morgan fingerprint density at radius 2 is 1.93 bits per heavy atom. The number of ether oxygens (including phenoxy) is 1. The number of halogens is 2. The lowest BCUT2D eigenvalue weighted by Crippen LogP contribution is -2.24. The van der Waals surface area contributed by atoms with Gasteiger partial charge in [-0.3, -0.25) is 19.3 Å². The van der Waals surface area contributed by atoms with E-state index in [1.54, 1.807) is 0 Å². The van der Waals surface area contributed by atoms with Crippen molar-refractivity contribution in [1.82, 2.24) is 9.88 Å². The molecule has 1 aliphatic rings. The third kappa shape index (κ3) is 4.40. The second-order valence-corrected chi connectivity index (χ2v) is 6.77. The second-order valence-electron chi connectivity index (χ2n) is 5.79. The van der Waals surface area contributed by atoms with Crippen LogP contribution < -0.4 is 5.32 Å². The van der Waals surface area contributed by atoms with Crippen LogP contribution in [0.3, 0.4) is 0 Å². The van der Waals surface area contributed by atoms with E-state index in [0.29, 0.717) is 0 Å². The van der Waals surface area contributed by atoms with Crippen molar-refractivity contribution in [3.8, 4) is 0 Å². The van der Waals surface area contributed by atoms with E-state index in [1.807, 2.05) is 0 Å². The van der Waals surface area contributed by atoms with Crippen LogP contribution in [-0.2, 0) is 9.53 Å². The molecule has 2 aromatic rings. The van der Waals surface area contributed by atoms with Crippen molar-refractivity contribution in [3.63, 3.8) is 0 Å². The Kier molecular flexibility index (Phi) is 5.87. The normalized spacial score (nSPS) is 12.9. The molecule has 2 heterocycles. The van der Waals surface area contributed by atoms with Gasteiger partial charge in [0.25, 0.3) is 23.5 Å². The molecule has 1 aromatic carbocycles. The van der Waals surface area contributed by atoms with Crippen LogP contribution in [0.4, 0.5) is 14.5 Å². The fraction of sp³-hybridized carbons (Fsp3) is 0.167. The number of nitrogens with one attached hydrogen (secondary N) is 1. The summed E-state index contributed by atoms with van der Waals surface area (Å²) in [5.41, 5.74) is 0.422. The number of nitrogens with zero attached hydrogens (tertiary/aromatic N) is 2. The quantitative estimate of drug-likeness (QED) is 0.434. The first-order valence-corrected chi connectivity index (χ1v) is 8.99. The maximum atomic E-state index is 12.5. The van der Waals surface area contributed by atoms with Gasteiger partial charge in [-0.25, -0.2) is 9.78 Å². The molecular formula is C18H13F2N3O5S. The van der Waals surface area contributed by atoms with Gasteiger partial charge in [-0.1, -0.05) is 0 Å². The molecule has 150 valence electrons. The van der Waals surface area contributed by atoms with Crippen LogP contribution in [0.15, 0.2) is 41.6 Å². The second kappa shape index (κ2) is 8.35. The largest absolute Gasteiger partial charge is 0.452 e. The van der Waals surface area contributed by atoms with Crippen molar-refractivity contribution in [2.24, 2.45) is 0 Å². The molecule has 0 aliphatic carbocycles. The Balaban J connectivity index is 1.62. The fourth-order valence-corrected chi connectivity index (χ4v) is 3.14. The minimum atomic E-state index is -2.77. The predicted molar refractivity (Wildman–Crippen MR) is 97.9 cm³/mol. The van der Waals surface area contributed by atoms with E-state index in [2.05, 4.69) is 10.3 Å². The molecule has 0 radical (unpaired) electrons. The number of carbonyl (C=O) groups excluding carboxylic acids is 4. The fourth-order valence-electron chi connectivity index (χ4n) is 2.57. The molecule has 0 bridgehead atoms. The molecule has 8 nitrogen and oxygen atoms in total. The summed E-state index contributed by atoms with van der Waals surface area (Å²) in [4.78, 5) is 52.6. The van der Waals surface area contributed by atoms with Gasteiger partial charge in [0.15, 0.2) is 6.61 Å². The molecule has 0 unspecified atom stereocenters. The van der Waals surface area contributed by atoms with Gasteiger partial charge in [0.05, 0.1) is 16.7 Å². The lowest BCUT2D eigenvalue weighted by molar-refractivity contribution is -0.119. The SMILES string of the molecule is CN1C(=O)c2ccc(NC(=O)COC(=O)c3cccnc3SC(F)F)cc2C1=O. The minimum absolute atomic E-state index is 0.0929. The van der Waals surface area contributed by atoms with Gasteiger partial charge in [0.1, 0.15) is 5.03 Å². The lowest BCUT2D eigenvalue weighted by atomic mass is 10.1. The number of benzene rings is 1. The van der Waals surface area contributed by atoms with E-state index in [9.17, 15) is 28.0 Å². The minimum Gasteiger partial charge on any atom is -0.452 e. The van der Waals surface area contributed by atoms with Gasteiger partial charge < -0.3 is 10.1 Å². The van der Waals surface area contributed by atoms with Gasteiger partial charge in [-0.15, -0.1) is 0 Å². The van der Waals surface area contributed by atoms with Gasteiger partial charge in [0, 0.05) is 18.9 Å². The number of hydrogen-bond donors (Lipinski definition) is 1. The van der Waals surface area contributed by atoms with Crippen molar-refractivity contribution in [3.05, 3.63) is 53.2 Å². The molecule has 0 saturated carbocycles. The number of alkyl halides is 2. The summed E-state index contributed by atoms with van der Waals surface area (Å²) in [6, 6.07) is 6.83. The monoisotopic (exact) mass is 421 g/mol. The highest BCUT2D eigenvalue weighted by molar-refractivity contribution is 7.99. The molecule has 0 atom stereocenters. The highest BCUT2D eigenvalue weighted by Crippen LogP contribution is 2.27. The average Bonchev–Trinajstić information content (AvgIpc) is 2.90. The highest BCUT2D eigenvalue weighted by Gasteiger charge is 2.32. The van der Waals surface area contributed by atoms with E-state index in [0.717, 1.165) is 4.90 Å². The zero-order chi connectivity index (χ0) is 21.1. The van der Waals surface area contributed by atoms with Crippen molar-refractivity contribution < 1.29 is 32.7 Å². The maximum Gasteiger partial charge on any atom is 0.341 e. The first kappa shape index (κ1) is 20.4. The number of pyridine rings is 1. The number of imide groups is 1. The number of amides is 3. The zero-order valence-corrected chi connectivity index (χ0v) is 15.7. The number of hydrogen-bond acceptors (Lipinski definition) is 7. The Bertz CT molecular complexity index is 1010. The smallest absolute Gasteiger partial charge is 0.341 e. The molecular weight excluding hydrogens is 408 g/mol. The number of rotatable bonds is 6. The molecule has 29 heavy (non-hydrogen) atoms.